The van der Waals surface area contributed by atoms with E-state index >= 15 is 0 Å². The molecule has 2 N–H and O–H groups in total. The highest BCUT2D eigenvalue weighted by Gasteiger charge is 2.02. The SMILES string of the molecule is COCCNC(=O)CNCCOc1ccccc1OC. The van der Waals surface area contributed by atoms with Crippen molar-refractivity contribution in [1.82, 2.24) is 10.6 Å². The third-order valence-corrected chi connectivity index (χ3v) is 2.52. The van der Waals surface area contributed by atoms with E-state index in [0.29, 0.717) is 37.8 Å². The number of ether oxygens (including phenoxy) is 3. The topological polar surface area (TPSA) is 68.8 Å². The van der Waals surface area contributed by atoms with E-state index in [1.54, 1.807) is 14.2 Å². The Labute approximate surface area is 119 Å². The Morgan fingerprint density at radius 2 is 1.85 bits per heavy atom. The van der Waals surface area contributed by atoms with Crippen molar-refractivity contribution >= 4 is 5.91 Å². The number of carbonyl (C=O) groups is 1. The molecule has 0 fully saturated rings. The molecule has 1 aromatic rings. The molecule has 112 valence electrons. The lowest BCUT2D eigenvalue weighted by atomic mass is 10.3. The van der Waals surface area contributed by atoms with Gasteiger partial charge in [-0.15, -0.1) is 0 Å². The zero-order valence-electron chi connectivity index (χ0n) is 12.0. The van der Waals surface area contributed by atoms with Crippen LogP contribution in [0, 0.1) is 0 Å². The summed E-state index contributed by atoms with van der Waals surface area (Å²) in [4.78, 5) is 11.4. The van der Waals surface area contributed by atoms with Gasteiger partial charge in [-0.1, -0.05) is 12.1 Å². The predicted molar refractivity (Wildman–Crippen MR) is 76.2 cm³/mol. The summed E-state index contributed by atoms with van der Waals surface area (Å²) in [7, 11) is 3.20. The quantitative estimate of drug-likeness (QED) is 0.609. The highest BCUT2D eigenvalue weighted by Crippen LogP contribution is 2.25. The van der Waals surface area contributed by atoms with E-state index in [9.17, 15) is 4.79 Å². The van der Waals surface area contributed by atoms with Crippen molar-refractivity contribution in [2.24, 2.45) is 0 Å². The van der Waals surface area contributed by atoms with Gasteiger partial charge in [0.15, 0.2) is 11.5 Å². The third kappa shape index (κ3) is 6.40. The van der Waals surface area contributed by atoms with Gasteiger partial charge in [-0.05, 0) is 12.1 Å². The molecule has 0 bridgehead atoms. The van der Waals surface area contributed by atoms with Crippen molar-refractivity contribution in [3.05, 3.63) is 24.3 Å². The molecule has 0 atom stereocenters. The van der Waals surface area contributed by atoms with Gasteiger partial charge in [-0.3, -0.25) is 4.79 Å². The molecule has 0 heterocycles. The van der Waals surface area contributed by atoms with Gasteiger partial charge in [-0.25, -0.2) is 0 Å². The molecule has 6 heteroatoms. The summed E-state index contributed by atoms with van der Waals surface area (Å²) in [6.07, 6.45) is 0. The fourth-order valence-electron chi connectivity index (χ4n) is 1.53. The fraction of sp³-hybridized carbons (Fsp3) is 0.500. The van der Waals surface area contributed by atoms with E-state index < -0.39 is 0 Å². The molecule has 1 rings (SSSR count). The Morgan fingerprint density at radius 1 is 1.10 bits per heavy atom. The molecule has 0 saturated carbocycles. The van der Waals surface area contributed by atoms with E-state index in [1.807, 2.05) is 24.3 Å². The average Bonchev–Trinajstić information content (AvgIpc) is 2.47. The number of nitrogens with one attached hydrogen (secondary N) is 2. The monoisotopic (exact) mass is 282 g/mol. The van der Waals surface area contributed by atoms with Crippen LogP contribution in [-0.2, 0) is 9.53 Å². The van der Waals surface area contributed by atoms with Crippen LogP contribution < -0.4 is 20.1 Å². The molecular weight excluding hydrogens is 260 g/mol. The summed E-state index contributed by atoms with van der Waals surface area (Å²) < 4.78 is 15.6. The maximum Gasteiger partial charge on any atom is 0.234 e. The van der Waals surface area contributed by atoms with E-state index in [1.165, 1.54) is 0 Å². The summed E-state index contributed by atoms with van der Waals surface area (Å²) in [5, 5.41) is 5.72. The third-order valence-electron chi connectivity index (χ3n) is 2.52. The highest BCUT2D eigenvalue weighted by atomic mass is 16.5. The first-order chi connectivity index (χ1) is 9.77. The van der Waals surface area contributed by atoms with Crippen LogP contribution >= 0.6 is 0 Å². The van der Waals surface area contributed by atoms with Crippen LogP contribution in [-0.4, -0.2) is 53.0 Å². The van der Waals surface area contributed by atoms with Crippen LogP contribution in [0.25, 0.3) is 0 Å². The van der Waals surface area contributed by atoms with Gasteiger partial charge >= 0.3 is 0 Å². The number of methoxy groups -OCH3 is 2. The minimum Gasteiger partial charge on any atom is -0.493 e. The van der Waals surface area contributed by atoms with E-state index in [2.05, 4.69) is 10.6 Å². The van der Waals surface area contributed by atoms with Crippen LogP contribution in [0.15, 0.2) is 24.3 Å². The van der Waals surface area contributed by atoms with Crippen LogP contribution in [0.2, 0.25) is 0 Å². The highest BCUT2D eigenvalue weighted by molar-refractivity contribution is 5.77. The zero-order chi connectivity index (χ0) is 14.6. The molecule has 0 radical (unpaired) electrons. The molecule has 0 saturated heterocycles. The molecule has 6 nitrogen and oxygen atoms in total. The molecule has 0 aromatic heterocycles. The molecule has 0 aliphatic carbocycles. The second-order valence-electron chi connectivity index (χ2n) is 4.02. The van der Waals surface area contributed by atoms with E-state index in [4.69, 9.17) is 14.2 Å². The lowest BCUT2D eigenvalue weighted by molar-refractivity contribution is -0.120. The minimum atomic E-state index is -0.0562. The fourth-order valence-corrected chi connectivity index (χ4v) is 1.53. The molecule has 0 aliphatic heterocycles. The van der Waals surface area contributed by atoms with E-state index in [-0.39, 0.29) is 12.5 Å². The van der Waals surface area contributed by atoms with Crippen LogP contribution in [0.4, 0.5) is 0 Å². The van der Waals surface area contributed by atoms with Crippen molar-refractivity contribution in [3.8, 4) is 11.5 Å². The number of rotatable bonds is 10. The first-order valence-electron chi connectivity index (χ1n) is 6.50. The van der Waals surface area contributed by atoms with Crippen molar-refractivity contribution in [2.45, 2.75) is 0 Å². The van der Waals surface area contributed by atoms with Gasteiger partial charge in [0.1, 0.15) is 6.61 Å². The molecule has 0 unspecified atom stereocenters. The Balaban J connectivity index is 2.11. The number of hydrogen-bond donors (Lipinski definition) is 2. The van der Waals surface area contributed by atoms with Gasteiger partial charge in [0, 0.05) is 20.2 Å². The lowest BCUT2D eigenvalue weighted by Gasteiger charge is -2.10. The van der Waals surface area contributed by atoms with Gasteiger partial charge in [0.05, 0.1) is 20.3 Å². The van der Waals surface area contributed by atoms with Crippen LogP contribution in [0.3, 0.4) is 0 Å². The smallest absolute Gasteiger partial charge is 0.234 e. The summed E-state index contributed by atoms with van der Waals surface area (Å²) in [5.41, 5.74) is 0. The van der Waals surface area contributed by atoms with Crippen molar-refractivity contribution < 1.29 is 19.0 Å². The Hall–Kier alpha value is -1.79. The van der Waals surface area contributed by atoms with E-state index in [0.717, 1.165) is 0 Å². The second kappa shape index (κ2) is 10.1. The van der Waals surface area contributed by atoms with Crippen molar-refractivity contribution in [1.29, 1.82) is 0 Å². The van der Waals surface area contributed by atoms with Gasteiger partial charge < -0.3 is 24.8 Å². The minimum absolute atomic E-state index is 0.0562. The van der Waals surface area contributed by atoms with Crippen molar-refractivity contribution in [2.75, 3.05) is 47.1 Å². The average molecular weight is 282 g/mol. The first kappa shape index (κ1) is 16.3. The Morgan fingerprint density at radius 3 is 2.55 bits per heavy atom. The summed E-state index contributed by atoms with van der Waals surface area (Å²) in [6, 6.07) is 7.45. The molecule has 0 aliphatic rings. The maximum absolute atomic E-state index is 11.4. The normalized spacial score (nSPS) is 10.1. The number of hydrogen-bond acceptors (Lipinski definition) is 5. The number of carbonyl (C=O) groups excluding carboxylic acids is 1. The lowest BCUT2D eigenvalue weighted by Crippen LogP contribution is -2.36. The molecule has 20 heavy (non-hydrogen) atoms. The molecular formula is C14H22N2O4. The van der Waals surface area contributed by atoms with Crippen molar-refractivity contribution in [3.63, 3.8) is 0 Å². The Kier molecular flexibility index (Phi) is 8.17. The Bertz CT molecular complexity index is 399. The summed E-state index contributed by atoms with van der Waals surface area (Å²) in [5.74, 6) is 1.34. The number of benzene rings is 1. The molecule has 1 aromatic carbocycles. The predicted octanol–water partition coefficient (Wildman–Crippen LogP) is 0.426. The number of para-hydroxylation sites is 2. The van der Waals surface area contributed by atoms with Gasteiger partial charge in [0.2, 0.25) is 5.91 Å². The van der Waals surface area contributed by atoms with Gasteiger partial charge in [0.25, 0.3) is 0 Å². The van der Waals surface area contributed by atoms with Gasteiger partial charge in [-0.2, -0.15) is 0 Å². The molecule has 1 amide bonds. The largest absolute Gasteiger partial charge is 0.493 e. The standard InChI is InChI=1S/C14H22N2O4/c1-18-9-8-16-14(17)11-15-7-10-20-13-6-4-3-5-12(13)19-2/h3-6,15H,7-11H2,1-2H3,(H,16,17). The maximum atomic E-state index is 11.4. The van der Waals surface area contributed by atoms with Crippen LogP contribution in [0.1, 0.15) is 0 Å². The molecule has 0 spiro atoms. The summed E-state index contributed by atoms with van der Waals surface area (Å²) in [6.45, 7) is 2.35. The first-order valence-corrected chi connectivity index (χ1v) is 6.50. The number of amides is 1. The van der Waals surface area contributed by atoms with Crippen LogP contribution in [0.5, 0.6) is 11.5 Å². The zero-order valence-corrected chi connectivity index (χ0v) is 12.0. The summed E-state index contributed by atoms with van der Waals surface area (Å²) >= 11 is 0. The second-order valence-corrected chi connectivity index (χ2v) is 4.02.